The van der Waals surface area contributed by atoms with E-state index in [0.29, 0.717) is 10.6 Å². The molecule has 2 N–H and O–H groups in total. The fourth-order valence-corrected chi connectivity index (χ4v) is 2.19. The first kappa shape index (κ1) is 14.8. The summed E-state index contributed by atoms with van der Waals surface area (Å²) in [7, 11) is 2.83. The smallest absolute Gasteiger partial charge is 0.337 e. The van der Waals surface area contributed by atoms with Gasteiger partial charge in [-0.2, -0.15) is 0 Å². The zero-order chi connectivity index (χ0) is 15.4. The Hall–Kier alpha value is -2.61. The van der Waals surface area contributed by atoms with E-state index in [-0.39, 0.29) is 17.0 Å². The van der Waals surface area contributed by atoms with Crippen molar-refractivity contribution >= 4 is 28.9 Å². The van der Waals surface area contributed by atoms with Gasteiger partial charge in [-0.1, -0.05) is 0 Å². The molecule has 110 valence electrons. The van der Waals surface area contributed by atoms with Gasteiger partial charge in [0, 0.05) is 12.1 Å². The average Bonchev–Trinajstić information content (AvgIpc) is 3.00. The summed E-state index contributed by atoms with van der Waals surface area (Å²) in [6.07, 6.45) is 1.40. The molecule has 0 atom stereocenters. The molecule has 2 aromatic rings. The standard InChI is InChI=1S/C13H12N2O5S/c1-19-9-3-7(13(17)18)8(4-10(9)20-2)15-12(16)11-5-14-6-21-11/h3-6H,1-2H3,(H,15,16)(H,17,18). The van der Waals surface area contributed by atoms with E-state index in [9.17, 15) is 14.7 Å². The van der Waals surface area contributed by atoms with E-state index in [4.69, 9.17) is 9.47 Å². The number of hydrogen-bond acceptors (Lipinski definition) is 6. The normalized spacial score (nSPS) is 10.0. The molecule has 7 nitrogen and oxygen atoms in total. The van der Waals surface area contributed by atoms with Gasteiger partial charge < -0.3 is 19.9 Å². The van der Waals surface area contributed by atoms with Crippen molar-refractivity contribution in [2.75, 3.05) is 19.5 Å². The summed E-state index contributed by atoms with van der Waals surface area (Å²) in [5.41, 5.74) is 1.55. The molecule has 0 aliphatic rings. The van der Waals surface area contributed by atoms with Gasteiger partial charge in [-0.15, -0.1) is 11.3 Å². The van der Waals surface area contributed by atoms with Gasteiger partial charge in [-0.05, 0) is 0 Å². The first-order valence-corrected chi connectivity index (χ1v) is 6.64. The predicted molar refractivity (Wildman–Crippen MR) is 76.6 cm³/mol. The Morgan fingerprint density at radius 1 is 1.24 bits per heavy atom. The van der Waals surface area contributed by atoms with Gasteiger partial charge in [-0.25, -0.2) is 4.79 Å². The maximum atomic E-state index is 12.0. The SMILES string of the molecule is COc1cc(NC(=O)c2cncs2)c(C(=O)O)cc1OC. The van der Waals surface area contributed by atoms with Crippen LogP contribution in [0.5, 0.6) is 11.5 Å². The Kier molecular flexibility index (Phi) is 4.39. The van der Waals surface area contributed by atoms with E-state index in [0.717, 1.165) is 11.3 Å². The fourth-order valence-electron chi connectivity index (χ4n) is 1.67. The van der Waals surface area contributed by atoms with Crippen LogP contribution in [0.1, 0.15) is 20.0 Å². The Bertz CT molecular complexity index is 669. The number of aromatic nitrogens is 1. The first-order chi connectivity index (χ1) is 10.1. The number of nitrogens with one attached hydrogen (secondary N) is 1. The van der Waals surface area contributed by atoms with Crippen LogP contribution in [-0.4, -0.2) is 36.2 Å². The van der Waals surface area contributed by atoms with Crippen LogP contribution in [0, 0.1) is 0 Å². The number of aromatic carboxylic acids is 1. The molecule has 1 heterocycles. The highest BCUT2D eigenvalue weighted by Crippen LogP contribution is 2.33. The van der Waals surface area contributed by atoms with E-state index in [1.165, 1.54) is 38.1 Å². The van der Waals surface area contributed by atoms with Crippen molar-refractivity contribution in [2.45, 2.75) is 0 Å². The fraction of sp³-hybridized carbons (Fsp3) is 0.154. The van der Waals surface area contributed by atoms with E-state index in [1.54, 1.807) is 0 Å². The molecule has 0 unspecified atom stereocenters. The maximum absolute atomic E-state index is 12.0. The molecule has 0 aliphatic carbocycles. The van der Waals surface area contributed by atoms with Gasteiger partial charge in [-0.3, -0.25) is 9.78 Å². The Morgan fingerprint density at radius 2 is 1.90 bits per heavy atom. The van der Waals surface area contributed by atoms with Crippen molar-refractivity contribution in [3.8, 4) is 11.5 Å². The summed E-state index contributed by atoms with van der Waals surface area (Å²) in [6.45, 7) is 0. The predicted octanol–water partition coefficient (Wildman–Crippen LogP) is 2.11. The molecular formula is C13H12N2O5S. The van der Waals surface area contributed by atoms with Crippen LogP contribution >= 0.6 is 11.3 Å². The molecule has 21 heavy (non-hydrogen) atoms. The third-order valence-electron chi connectivity index (χ3n) is 2.66. The monoisotopic (exact) mass is 308 g/mol. The van der Waals surface area contributed by atoms with E-state index in [1.807, 2.05) is 0 Å². The van der Waals surface area contributed by atoms with Crippen LogP contribution in [-0.2, 0) is 0 Å². The van der Waals surface area contributed by atoms with Gasteiger partial charge in [0.1, 0.15) is 4.88 Å². The molecule has 1 aromatic carbocycles. The minimum atomic E-state index is -1.18. The van der Waals surface area contributed by atoms with Crippen molar-refractivity contribution in [1.29, 1.82) is 0 Å². The molecule has 0 bridgehead atoms. The lowest BCUT2D eigenvalue weighted by atomic mass is 10.1. The quantitative estimate of drug-likeness (QED) is 0.878. The molecular weight excluding hydrogens is 296 g/mol. The van der Waals surface area contributed by atoms with Gasteiger partial charge >= 0.3 is 5.97 Å². The second-order valence-electron chi connectivity index (χ2n) is 3.88. The number of nitrogens with zero attached hydrogens (tertiary/aromatic N) is 1. The van der Waals surface area contributed by atoms with Crippen molar-refractivity contribution in [3.05, 3.63) is 34.3 Å². The number of methoxy groups -OCH3 is 2. The number of carbonyl (C=O) groups is 2. The molecule has 0 saturated heterocycles. The molecule has 0 radical (unpaired) electrons. The third kappa shape index (κ3) is 3.11. The lowest BCUT2D eigenvalue weighted by Gasteiger charge is -2.13. The topological polar surface area (TPSA) is 97.8 Å². The maximum Gasteiger partial charge on any atom is 0.337 e. The molecule has 0 aliphatic heterocycles. The molecule has 0 saturated carbocycles. The second-order valence-corrected chi connectivity index (χ2v) is 4.76. The molecule has 0 spiro atoms. The van der Waals surface area contributed by atoms with E-state index < -0.39 is 11.9 Å². The Balaban J connectivity index is 2.41. The van der Waals surface area contributed by atoms with Crippen molar-refractivity contribution < 1.29 is 24.2 Å². The molecule has 1 aromatic heterocycles. The van der Waals surface area contributed by atoms with E-state index in [2.05, 4.69) is 10.3 Å². The van der Waals surface area contributed by atoms with Crippen LogP contribution in [0.3, 0.4) is 0 Å². The highest BCUT2D eigenvalue weighted by molar-refractivity contribution is 7.11. The summed E-state index contributed by atoms with van der Waals surface area (Å²) in [5.74, 6) is -1.03. The highest BCUT2D eigenvalue weighted by atomic mass is 32.1. The molecule has 1 amide bonds. The minimum Gasteiger partial charge on any atom is -0.493 e. The summed E-state index contributed by atoms with van der Waals surface area (Å²) in [5, 5.41) is 11.8. The van der Waals surface area contributed by atoms with Crippen LogP contribution in [0.25, 0.3) is 0 Å². The largest absolute Gasteiger partial charge is 0.493 e. The first-order valence-electron chi connectivity index (χ1n) is 5.76. The molecule has 0 fully saturated rings. The van der Waals surface area contributed by atoms with Crippen LogP contribution in [0.15, 0.2) is 23.8 Å². The summed E-state index contributed by atoms with van der Waals surface area (Å²) < 4.78 is 10.2. The minimum absolute atomic E-state index is 0.0921. The number of carboxylic acid groups (broad SMARTS) is 1. The van der Waals surface area contributed by atoms with Gasteiger partial charge in [0.25, 0.3) is 5.91 Å². The highest BCUT2D eigenvalue weighted by Gasteiger charge is 2.18. The van der Waals surface area contributed by atoms with Gasteiger partial charge in [0.05, 0.1) is 37.2 Å². The number of benzene rings is 1. The van der Waals surface area contributed by atoms with Crippen molar-refractivity contribution in [1.82, 2.24) is 4.98 Å². The molecule has 8 heteroatoms. The van der Waals surface area contributed by atoms with Crippen LogP contribution in [0.2, 0.25) is 0 Å². The number of carboxylic acids is 1. The number of thiazole rings is 1. The summed E-state index contributed by atoms with van der Waals surface area (Å²) >= 11 is 1.16. The number of carbonyl (C=O) groups excluding carboxylic acids is 1. The lowest BCUT2D eigenvalue weighted by molar-refractivity contribution is 0.0697. The van der Waals surface area contributed by atoms with E-state index >= 15 is 0 Å². The zero-order valence-corrected chi connectivity index (χ0v) is 12.1. The van der Waals surface area contributed by atoms with Crippen LogP contribution in [0.4, 0.5) is 5.69 Å². The Labute approximate surface area is 124 Å². The van der Waals surface area contributed by atoms with Crippen molar-refractivity contribution in [3.63, 3.8) is 0 Å². The van der Waals surface area contributed by atoms with Crippen molar-refractivity contribution in [2.24, 2.45) is 0 Å². The molecule has 2 rings (SSSR count). The van der Waals surface area contributed by atoms with Gasteiger partial charge in [0.15, 0.2) is 11.5 Å². The Morgan fingerprint density at radius 3 is 2.43 bits per heavy atom. The number of hydrogen-bond donors (Lipinski definition) is 2. The van der Waals surface area contributed by atoms with Crippen LogP contribution < -0.4 is 14.8 Å². The number of amides is 1. The lowest BCUT2D eigenvalue weighted by Crippen LogP contribution is -2.14. The van der Waals surface area contributed by atoms with Gasteiger partial charge in [0.2, 0.25) is 0 Å². The number of anilines is 1. The summed E-state index contributed by atoms with van der Waals surface area (Å²) in [6, 6.07) is 2.70. The zero-order valence-electron chi connectivity index (χ0n) is 11.2. The average molecular weight is 308 g/mol. The summed E-state index contributed by atoms with van der Waals surface area (Å²) in [4.78, 5) is 27.5. The second kappa shape index (κ2) is 6.23. The number of rotatable bonds is 5. The number of ether oxygens (including phenoxy) is 2. The third-order valence-corrected chi connectivity index (χ3v) is 3.43.